The smallest absolute Gasteiger partial charge is 0.0413 e. The standard InChI is InChI=1S/C10H13N.H2/c1-2-8-7-11-10-6-4-3-5-9(8)10;/h5-7,11H,2-4H2,1H3;1H. The van der Waals surface area contributed by atoms with Gasteiger partial charge in [0.25, 0.3) is 0 Å². The highest BCUT2D eigenvalue weighted by atomic mass is 14.7. The van der Waals surface area contributed by atoms with Gasteiger partial charge in [-0.15, -0.1) is 0 Å². The molecule has 11 heavy (non-hydrogen) atoms. The Kier molecular flexibility index (Phi) is 1.57. The van der Waals surface area contributed by atoms with Gasteiger partial charge in [-0.1, -0.05) is 19.1 Å². The molecule has 0 saturated carbocycles. The van der Waals surface area contributed by atoms with Crippen molar-refractivity contribution < 1.29 is 1.43 Å². The molecular weight excluding hydrogens is 134 g/mol. The van der Waals surface area contributed by atoms with Gasteiger partial charge in [0.05, 0.1) is 0 Å². The van der Waals surface area contributed by atoms with E-state index in [1.54, 1.807) is 0 Å². The van der Waals surface area contributed by atoms with Crippen LogP contribution in [0.3, 0.4) is 0 Å². The van der Waals surface area contributed by atoms with Gasteiger partial charge in [0, 0.05) is 13.0 Å². The molecule has 0 spiro atoms. The fraction of sp³-hybridized carbons (Fsp3) is 0.400. The summed E-state index contributed by atoms with van der Waals surface area (Å²) in [6, 6.07) is 0. The largest absolute Gasteiger partial charge is 0.361 e. The average Bonchev–Trinajstić information content (AvgIpc) is 2.47. The summed E-state index contributed by atoms with van der Waals surface area (Å²) in [5.41, 5.74) is 1.45. The third-order valence-corrected chi connectivity index (χ3v) is 2.28. The van der Waals surface area contributed by atoms with E-state index < -0.39 is 0 Å². The molecule has 1 N–H and O–H groups in total. The van der Waals surface area contributed by atoms with Crippen LogP contribution in [0, 0.1) is 0 Å². The third-order valence-electron chi connectivity index (χ3n) is 2.28. The normalized spacial score (nSPS) is 15.0. The van der Waals surface area contributed by atoms with Gasteiger partial charge < -0.3 is 4.98 Å². The highest BCUT2D eigenvalue weighted by Crippen LogP contribution is 1.97. The van der Waals surface area contributed by atoms with Crippen LogP contribution >= 0.6 is 0 Å². The molecule has 60 valence electrons. The lowest BCUT2D eigenvalue weighted by Crippen LogP contribution is -2.26. The molecule has 2 rings (SSSR count). The van der Waals surface area contributed by atoms with Crippen LogP contribution in [0.1, 0.15) is 26.8 Å². The fourth-order valence-corrected chi connectivity index (χ4v) is 1.65. The van der Waals surface area contributed by atoms with E-state index in [2.05, 4.69) is 30.3 Å². The zero-order chi connectivity index (χ0) is 7.68. The molecule has 1 aliphatic carbocycles. The summed E-state index contributed by atoms with van der Waals surface area (Å²) < 4.78 is 0. The Bertz CT molecular complexity index is 362. The van der Waals surface area contributed by atoms with Crippen molar-refractivity contribution in [1.29, 1.82) is 0 Å². The minimum absolute atomic E-state index is 0. The number of aryl methyl sites for hydroxylation is 1. The summed E-state index contributed by atoms with van der Waals surface area (Å²) in [5.74, 6) is 0. The van der Waals surface area contributed by atoms with Crippen LogP contribution in [0.4, 0.5) is 0 Å². The molecule has 0 fully saturated rings. The Balaban J connectivity index is 0.000000720. The maximum atomic E-state index is 3.29. The van der Waals surface area contributed by atoms with Gasteiger partial charge in [0.2, 0.25) is 0 Å². The van der Waals surface area contributed by atoms with Crippen LogP contribution < -0.4 is 10.6 Å². The maximum Gasteiger partial charge on any atom is 0.0413 e. The lowest BCUT2D eigenvalue weighted by molar-refractivity contribution is 1.08. The van der Waals surface area contributed by atoms with Crippen LogP contribution in [0.5, 0.6) is 0 Å². The van der Waals surface area contributed by atoms with Crippen molar-refractivity contribution in [3.8, 4) is 0 Å². The molecule has 0 saturated heterocycles. The predicted octanol–water partition coefficient (Wildman–Crippen LogP) is 1.18. The van der Waals surface area contributed by atoms with Gasteiger partial charge in [0.15, 0.2) is 0 Å². The number of hydrogen-bond acceptors (Lipinski definition) is 0. The minimum atomic E-state index is 0. The number of fused-ring (bicyclic) bond motifs is 1. The second kappa shape index (κ2) is 2.57. The summed E-state index contributed by atoms with van der Waals surface area (Å²) >= 11 is 0. The Morgan fingerprint density at radius 3 is 3.09 bits per heavy atom. The van der Waals surface area contributed by atoms with Crippen molar-refractivity contribution in [2.75, 3.05) is 0 Å². The summed E-state index contributed by atoms with van der Waals surface area (Å²) in [7, 11) is 0. The number of hydrogen-bond donors (Lipinski definition) is 1. The molecule has 0 radical (unpaired) electrons. The Morgan fingerprint density at radius 2 is 2.27 bits per heavy atom. The van der Waals surface area contributed by atoms with E-state index in [9.17, 15) is 0 Å². The number of H-pyrrole nitrogens is 1. The quantitative estimate of drug-likeness (QED) is 0.617. The fourth-order valence-electron chi connectivity index (χ4n) is 1.65. The van der Waals surface area contributed by atoms with Gasteiger partial charge in [-0.25, -0.2) is 0 Å². The van der Waals surface area contributed by atoms with E-state index in [1.807, 2.05) is 0 Å². The minimum Gasteiger partial charge on any atom is -0.361 e. The van der Waals surface area contributed by atoms with Crippen LogP contribution in [0.2, 0.25) is 0 Å². The Morgan fingerprint density at radius 1 is 1.45 bits per heavy atom. The van der Waals surface area contributed by atoms with E-state index >= 15 is 0 Å². The topological polar surface area (TPSA) is 15.8 Å². The van der Waals surface area contributed by atoms with Gasteiger partial charge in [0.1, 0.15) is 0 Å². The van der Waals surface area contributed by atoms with Crippen LogP contribution in [0.25, 0.3) is 12.2 Å². The van der Waals surface area contributed by atoms with Crippen LogP contribution in [-0.4, -0.2) is 4.98 Å². The molecule has 1 aliphatic rings. The van der Waals surface area contributed by atoms with Crippen LogP contribution in [-0.2, 0) is 6.42 Å². The molecule has 0 unspecified atom stereocenters. The van der Waals surface area contributed by atoms with Crippen molar-refractivity contribution in [3.05, 3.63) is 22.3 Å². The first-order valence-electron chi connectivity index (χ1n) is 4.28. The van der Waals surface area contributed by atoms with E-state index in [0.29, 0.717) is 0 Å². The second-order valence-electron chi connectivity index (χ2n) is 2.98. The number of aromatic amines is 1. The van der Waals surface area contributed by atoms with E-state index in [0.717, 1.165) is 6.42 Å². The molecule has 1 heterocycles. The van der Waals surface area contributed by atoms with Gasteiger partial charge in [-0.3, -0.25) is 0 Å². The van der Waals surface area contributed by atoms with Gasteiger partial charge >= 0.3 is 0 Å². The molecule has 1 nitrogen and oxygen atoms in total. The molecule has 1 aromatic heterocycles. The number of nitrogens with one attached hydrogen (secondary N) is 1. The molecule has 1 aromatic rings. The molecule has 0 aliphatic heterocycles. The number of aromatic nitrogens is 1. The first-order valence-corrected chi connectivity index (χ1v) is 4.28. The summed E-state index contributed by atoms with van der Waals surface area (Å²) in [4.78, 5) is 3.29. The lowest BCUT2D eigenvalue weighted by Gasteiger charge is -1.94. The Labute approximate surface area is 67.9 Å². The molecular formula is C10H15N. The average molecular weight is 149 g/mol. The summed E-state index contributed by atoms with van der Waals surface area (Å²) in [6.07, 6.45) is 10.3. The summed E-state index contributed by atoms with van der Waals surface area (Å²) in [5, 5.41) is 2.77. The highest BCUT2D eigenvalue weighted by Gasteiger charge is 1.98. The van der Waals surface area contributed by atoms with Crippen molar-refractivity contribution in [2.24, 2.45) is 0 Å². The molecule has 0 amide bonds. The van der Waals surface area contributed by atoms with E-state index in [4.69, 9.17) is 0 Å². The van der Waals surface area contributed by atoms with Gasteiger partial charge in [-0.05, 0) is 30.0 Å². The van der Waals surface area contributed by atoms with Gasteiger partial charge in [-0.2, -0.15) is 0 Å². The van der Waals surface area contributed by atoms with Crippen molar-refractivity contribution in [2.45, 2.75) is 26.2 Å². The highest BCUT2D eigenvalue weighted by molar-refractivity contribution is 5.39. The van der Waals surface area contributed by atoms with Crippen molar-refractivity contribution in [3.63, 3.8) is 0 Å². The molecule has 1 heteroatoms. The summed E-state index contributed by atoms with van der Waals surface area (Å²) in [6.45, 7) is 2.20. The van der Waals surface area contributed by atoms with Crippen LogP contribution in [0.15, 0.2) is 6.20 Å². The number of rotatable bonds is 1. The third kappa shape index (κ3) is 1.01. The second-order valence-corrected chi connectivity index (χ2v) is 2.98. The van der Waals surface area contributed by atoms with E-state index in [1.165, 1.54) is 29.0 Å². The maximum absolute atomic E-state index is 3.29. The lowest BCUT2D eigenvalue weighted by atomic mass is 10.1. The first-order chi connectivity index (χ1) is 5.42. The molecule has 0 atom stereocenters. The molecule has 0 aromatic carbocycles. The van der Waals surface area contributed by atoms with Crippen molar-refractivity contribution >= 4 is 12.2 Å². The monoisotopic (exact) mass is 149 g/mol. The first kappa shape index (κ1) is 6.71. The predicted molar refractivity (Wildman–Crippen MR) is 49.7 cm³/mol. The Hall–Kier alpha value is -0.980. The van der Waals surface area contributed by atoms with E-state index in [-0.39, 0.29) is 1.43 Å². The molecule has 0 bridgehead atoms. The van der Waals surface area contributed by atoms with Crippen molar-refractivity contribution in [1.82, 2.24) is 4.98 Å². The zero-order valence-corrected chi connectivity index (χ0v) is 6.85. The SMILES string of the molecule is CCc1c[nH]c2c1=CCCC=2.[HH]. The zero-order valence-electron chi connectivity index (χ0n) is 6.85.